The molecule has 0 atom stereocenters. The summed E-state index contributed by atoms with van der Waals surface area (Å²) in [7, 11) is 0. The largest absolute Gasteiger partial charge is 0.271 e. The van der Waals surface area contributed by atoms with Gasteiger partial charge in [0.15, 0.2) is 0 Å². The number of nitrogens with zero attached hydrogens (tertiary/aromatic N) is 2. The van der Waals surface area contributed by atoms with Crippen molar-refractivity contribution in [3.8, 4) is 0 Å². The zero-order valence-corrected chi connectivity index (χ0v) is 17.8. The highest BCUT2D eigenvalue weighted by molar-refractivity contribution is 7.82. The quantitative estimate of drug-likeness (QED) is 0.533. The summed E-state index contributed by atoms with van der Waals surface area (Å²) in [5.41, 5.74) is 1.52. The summed E-state index contributed by atoms with van der Waals surface area (Å²) in [6.07, 6.45) is 3.63. The van der Waals surface area contributed by atoms with Gasteiger partial charge in [-0.3, -0.25) is 14.7 Å². The predicted octanol–water partition coefficient (Wildman–Crippen LogP) is 6.17. The molecule has 0 unspecified atom stereocenters. The van der Waals surface area contributed by atoms with Gasteiger partial charge in [0.1, 0.15) is 16.4 Å². The SMILES string of the molecule is CC1CCC2(CC1)N=C(c1ccccc1)C(=S)N2C(=O)c1ccc(Cl)c(Cl)c1. The standard InChI is InChI=1S/C22H20Cl2N2OS/c1-14-9-11-22(12-10-14)25-19(15-5-3-2-4-6-15)21(28)26(22)20(27)16-7-8-17(23)18(24)13-16/h2-8,13-14H,9-12H2,1H3. The molecule has 1 aliphatic carbocycles. The minimum Gasteiger partial charge on any atom is -0.271 e. The summed E-state index contributed by atoms with van der Waals surface area (Å²) in [5, 5.41) is 0.776. The molecule has 4 rings (SSSR count). The third kappa shape index (κ3) is 3.38. The first-order chi connectivity index (χ1) is 13.4. The van der Waals surface area contributed by atoms with E-state index in [1.165, 1.54) is 0 Å². The van der Waals surface area contributed by atoms with Crippen LogP contribution in [-0.2, 0) is 0 Å². The molecule has 144 valence electrons. The van der Waals surface area contributed by atoms with Crippen molar-refractivity contribution in [3.05, 3.63) is 69.7 Å². The van der Waals surface area contributed by atoms with E-state index in [1.54, 1.807) is 23.1 Å². The van der Waals surface area contributed by atoms with Crippen LogP contribution in [0.25, 0.3) is 0 Å². The number of carbonyl (C=O) groups is 1. The van der Waals surface area contributed by atoms with E-state index in [9.17, 15) is 4.79 Å². The van der Waals surface area contributed by atoms with Crippen molar-refractivity contribution in [1.82, 2.24) is 4.90 Å². The van der Waals surface area contributed by atoms with Crippen LogP contribution in [0.4, 0.5) is 0 Å². The van der Waals surface area contributed by atoms with Gasteiger partial charge in [0.2, 0.25) is 0 Å². The molecule has 1 aliphatic heterocycles. The number of carbonyl (C=O) groups excluding carboxylic acids is 1. The van der Waals surface area contributed by atoms with Crippen LogP contribution in [-0.4, -0.2) is 27.2 Å². The molecule has 1 amide bonds. The fourth-order valence-electron chi connectivity index (χ4n) is 3.98. The van der Waals surface area contributed by atoms with Crippen LogP contribution >= 0.6 is 35.4 Å². The highest BCUT2D eigenvalue weighted by atomic mass is 35.5. The fourth-order valence-corrected chi connectivity index (χ4v) is 4.70. The summed E-state index contributed by atoms with van der Waals surface area (Å²) >= 11 is 18.0. The maximum atomic E-state index is 13.5. The Morgan fingerprint density at radius 2 is 1.79 bits per heavy atom. The molecule has 0 bridgehead atoms. The molecular weight excluding hydrogens is 411 g/mol. The number of rotatable bonds is 2. The van der Waals surface area contributed by atoms with Crippen LogP contribution < -0.4 is 0 Å². The molecule has 2 aromatic carbocycles. The molecule has 0 radical (unpaired) electrons. The van der Waals surface area contributed by atoms with E-state index in [0.29, 0.717) is 26.5 Å². The van der Waals surface area contributed by atoms with E-state index in [0.717, 1.165) is 37.0 Å². The lowest BCUT2D eigenvalue weighted by Gasteiger charge is -2.40. The van der Waals surface area contributed by atoms with Gasteiger partial charge in [-0.25, -0.2) is 0 Å². The average Bonchev–Trinajstić information content (AvgIpc) is 2.99. The zero-order chi connectivity index (χ0) is 19.9. The minimum atomic E-state index is -0.613. The van der Waals surface area contributed by atoms with Crippen molar-refractivity contribution in [3.63, 3.8) is 0 Å². The molecule has 0 N–H and O–H groups in total. The fraction of sp³-hybridized carbons (Fsp3) is 0.318. The number of aliphatic imine (C=N–C) groups is 1. The summed E-state index contributed by atoms with van der Waals surface area (Å²) in [4.78, 5) is 20.8. The molecule has 0 saturated heterocycles. The van der Waals surface area contributed by atoms with Crippen molar-refractivity contribution in [2.75, 3.05) is 0 Å². The summed E-state index contributed by atoms with van der Waals surface area (Å²) in [6.45, 7) is 2.24. The van der Waals surface area contributed by atoms with Gasteiger partial charge in [-0.2, -0.15) is 0 Å². The molecule has 2 aliphatic rings. The molecule has 2 aromatic rings. The van der Waals surface area contributed by atoms with E-state index >= 15 is 0 Å². The van der Waals surface area contributed by atoms with Crippen LogP contribution in [0, 0.1) is 5.92 Å². The maximum Gasteiger partial charge on any atom is 0.261 e. The van der Waals surface area contributed by atoms with E-state index in [4.69, 9.17) is 40.4 Å². The summed E-state index contributed by atoms with van der Waals surface area (Å²) in [6, 6.07) is 14.8. The molecule has 0 aromatic heterocycles. The van der Waals surface area contributed by atoms with E-state index < -0.39 is 5.66 Å². The molecule has 1 fully saturated rings. The third-order valence-corrected chi connectivity index (χ3v) is 6.75. The van der Waals surface area contributed by atoms with E-state index in [-0.39, 0.29) is 5.91 Å². The van der Waals surface area contributed by atoms with Crippen LogP contribution in [0.3, 0.4) is 0 Å². The second-order valence-corrected chi connectivity index (χ2v) is 8.77. The lowest BCUT2D eigenvalue weighted by Crippen LogP contribution is -2.51. The molecule has 3 nitrogen and oxygen atoms in total. The van der Waals surface area contributed by atoms with Gasteiger partial charge < -0.3 is 0 Å². The van der Waals surface area contributed by atoms with Crippen molar-refractivity contribution in [2.24, 2.45) is 10.9 Å². The molecular formula is C22H20Cl2N2OS. The maximum absolute atomic E-state index is 13.5. The van der Waals surface area contributed by atoms with Gasteiger partial charge in [0, 0.05) is 11.1 Å². The van der Waals surface area contributed by atoms with Crippen molar-refractivity contribution in [2.45, 2.75) is 38.3 Å². The first-order valence-corrected chi connectivity index (χ1v) is 10.6. The second kappa shape index (κ2) is 7.58. The van der Waals surface area contributed by atoms with E-state index in [2.05, 4.69) is 6.92 Å². The van der Waals surface area contributed by atoms with Gasteiger partial charge in [0.25, 0.3) is 5.91 Å². The number of thiocarbonyl (C=S) groups is 1. The normalized spacial score (nSPS) is 24.5. The number of halogens is 2. The lowest BCUT2D eigenvalue weighted by atomic mass is 9.82. The van der Waals surface area contributed by atoms with Crippen molar-refractivity contribution < 1.29 is 4.79 Å². The number of hydrogen-bond acceptors (Lipinski definition) is 3. The lowest BCUT2D eigenvalue weighted by molar-refractivity contribution is 0.0613. The molecule has 1 saturated carbocycles. The third-order valence-electron chi connectivity index (χ3n) is 5.63. The highest BCUT2D eigenvalue weighted by Crippen LogP contribution is 2.43. The molecule has 6 heteroatoms. The Kier molecular flexibility index (Phi) is 5.30. The van der Waals surface area contributed by atoms with Crippen molar-refractivity contribution >= 4 is 52.0 Å². The Bertz CT molecular complexity index is 966. The number of amides is 1. The van der Waals surface area contributed by atoms with Crippen LogP contribution in [0.15, 0.2) is 53.5 Å². The van der Waals surface area contributed by atoms with Gasteiger partial charge in [0.05, 0.1) is 10.0 Å². The Morgan fingerprint density at radius 3 is 2.43 bits per heavy atom. The Balaban J connectivity index is 1.77. The predicted molar refractivity (Wildman–Crippen MR) is 119 cm³/mol. The van der Waals surface area contributed by atoms with Crippen LogP contribution in [0.2, 0.25) is 10.0 Å². The van der Waals surface area contributed by atoms with Gasteiger partial charge in [-0.1, -0.05) is 72.7 Å². The topological polar surface area (TPSA) is 32.7 Å². The summed E-state index contributed by atoms with van der Waals surface area (Å²) < 4.78 is 0. The zero-order valence-electron chi connectivity index (χ0n) is 15.5. The van der Waals surface area contributed by atoms with Crippen LogP contribution in [0.5, 0.6) is 0 Å². The monoisotopic (exact) mass is 430 g/mol. The first kappa shape index (κ1) is 19.6. The average molecular weight is 431 g/mol. The van der Waals surface area contributed by atoms with E-state index in [1.807, 2.05) is 30.3 Å². The number of hydrogen-bond donors (Lipinski definition) is 0. The minimum absolute atomic E-state index is 0.173. The Labute approximate surface area is 180 Å². The highest BCUT2D eigenvalue weighted by Gasteiger charge is 2.49. The van der Waals surface area contributed by atoms with Gasteiger partial charge in [-0.05, 0) is 49.8 Å². The molecule has 1 spiro atoms. The first-order valence-electron chi connectivity index (χ1n) is 9.40. The Hall–Kier alpha value is -1.75. The molecule has 1 heterocycles. The van der Waals surface area contributed by atoms with Gasteiger partial charge >= 0.3 is 0 Å². The Morgan fingerprint density at radius 1 is 1.11 bits per heavy atom. The van der Waals surface area contributed by atoms with Gasteiger partial charge in [-0.15, -0.1) is 0 Å². The molecule has 28 heavy (non-hydrogen) atoms. The van der Waals surface area contributed by atoms with Crippen molar-refractivity contribution in [1.29, 1.82) is 0 Å². The second-order valence-electron chi connectivity index (χ2n) is 7.57. The van der Waals surface area contributed by atoms with Crippen LogP contribution in [0.1, 0.15) is 48.5 Å². The smallest absolute Gasteiger partial charge is 0.261 e. The summed E-state index contributed by atoms with van der Waals surface area (Å²) in [5.74, 6) is 0.449. The number of benzene rings is 2.